The Labute approximate surface area is 113 Å². The van der Waals surface area contributed by atoms with Crippen LogP contribution in [0.1, 0.15) is 32.1 Å². The summed E-state index contributed by atoms with van der Waals surface area (Å²) in [5.41, 5.74) is 0. The van der Waals surface area contributed by atoms with Gasteiger partial charge >= 0.3 is 0 Å². The third-order valence-corrected chi connectivity index (χ3v) is 4.07. The van der Waals surface area contributed by atoms with Gasteiger partial charge in [0.2, 0.25) is 11.9 Å². The maximum Gasteiger partial charge on any atom is 0.222 e. The van der Waals surface area contributed by atoms with Crippen LogP contribution in [0.5, 0.6) is 0 Å². The third kappa shape index (κ3) is 3.03. The van der Waals surface area contributed by atoms with Gasteiger partial charge in [-0.05, 0) is 24.8 Å². The predicted octanol–water partition coefficient (Wildman–Crippen LogP) is 1.68. The average Bonchev–Trinajstić information content (AvgIpc) is 2.87. The zero-order valence-electron chi connectivity index (χ0n) is 11.1. The van der Waals surface area contributed by atoms with E-state index in [2.05, 4.69) is 15.3 Å². The van der Waals surface area contributed by atoms with Crippen molar-refractivity contribution in [2.45, 2.75) is 38.1 Å². The summed E-state index contributed by atoms with van der Waals surface area (Å²) >= 11 is 0. The Hall–Kier alpha value is -1.65. The lowest BCUT2D eigenvalue weighted by Gasteiger charge is -2.40. The number of hydrogen-bond donors (Lipinski definition) is 1. The molecule has 2 aliphatic rings. The first-order chi connectivity index (χ1) is 9.31. The highest BCUT2D eigenvalue weighted by Crippen LogP contribution is 2.28. The van der Waals surface area contributed by atoms with Crippen molar-refractivity contribution < 1.29 is 4.79 Å². The number of nitrogens with one attached hydrogen (secondary N) is 1. The van der Waals surface area contributed by atoms with Crippen LogP contribution in [-0.4, -0.2) is 39.9 Å². The van der Waals surface area contributed by atoms with Gasteiger partial charge in [0.15, 0.2) is 0 Å². The van der Waals surface area contributed by atoms with E-state index in [0.29, 0.717) is 23.8 Å². The highest BCUT2D eigenvalue weighted by Gasteiger charge is 2.32. The number of rotatable bonds is 4. The minimum atomic E-state index is 0.301. The second-order valence-corrected chi connectivity index (χ2v) is 5.57. The zero-order valence-corrected chi connectivity index (χ0v) is 11.1. The topological polar surface area (TPSA) is 58.1 Å². The van der Waals surface area contributed by atoms with Crippen molar-refractivity contribution in [1.29, 1.82) is 0 Å². The molecule has 0 aromatic carbocycles. The van der Waals surface area contributed by atoms with E-state index in [4.69, 9.17) is 0 Å². The van der Waals surface area contributed by atoms with Crippen molar-refractivity contribution in [2.24, 2.45) is 5.92 Å². The van der Waals surface area contributed by atoms with Gasteiger partial charge in [-0.25, -0.2) is 9.97 Å². The molecule has 1 saturated carbocycles. The summed E-state index contributed by atoms with van der Waals surface area (Å²) in [5.74, 6) is 1.60. The molecule has 0 atom stereocenters. The van der Waals surface area contributed by atoms with Crippen LogP contribution in [0.4, 0.5) is 5.95 Å². The van der Waals surface area contributed by atoms with Crippen LogP contribution in [0, 0.1) is 5.92 Å². The van der Waals surface area contributed by atoms with E-state index in [1.54, 1.807) is 18.5 Å². The summed E-state index contributed by atoms with van der Waals surface area (Å²) in [7, 11) is 0. The second kappa shape index (κ2) is 5.55. The molecular formula is C14H20N4O. The fourth-order valence-corrected chi connectivity index (χ4v) is 2.92. The monoisotopic (exact) mass is 260 g/mol. The van der Waals surface area contributed by atoms with Gasteiger partial charge in [-0.1, -0.05) is 12.8 Å². The summed E-state index contributed by atoms with van der Waals surface area (Å²) in [6.07, 6.45) is 9.25. The van der Waals surface area contributed by atoms with E-state index in [-0.39, 0.29) is 0 Å². The molecule has 0 unspecified atom stereocenters. The van der Waals surface area contributed by atoms with E-state index in [1.807, 2.05) is 4.90 Å². The Morgan fingerprint density at radius 3 is 2.63 bits per heavy atom. The normalized spacial score (nSPS) is 20.3. The molecular weight excluding hydrogens is 240 g/mol. The summed E-state index contributed by atoms with van der Waals surface area (Å²) in [4.78, 5) is 22.2. The average molecular weight is 260 g/mol. The minimum Gasteiger partial charge on any atom is -0.348 e. The number of carbonyl (C=O) groups is 1. The van der Waals surface area contributed by atoms with Crippen LogP contribution in [0.2, 0.25) is 0 Å². The molecule has 0 spiro atoms. The molecule has 2 heterocycles. The van der Waals surface area contributed by atoms with Crippen LogP contribution < -0.4 is 5.32 Å². The summed E-state index contributed by atoms with van der Waals surface area (Å²) < 4.78 is 0. The Kier molecular flexibility index (Phi) is 3.62. The lowest BCUT2D eigenvalue weighted by molar-refractivity contribution is -0.136. The van der Waals surface area contributed by atoms with Crippen molar-refractivity contribution in [3.63, 3.8) is 0 Å². The van der Waals surface area contributed by atoms with E-state index < -0.39 is 0 Å². The summed E-state index contributed by atoms with van der Waals surface area (Å²) in [6, 6.07) is 2.10. The Balaban J connectivity index is 1.41. The number of anilines is 1. The molecule has 3 rings (SSSR count). The van der Waals surface area contributed by atoms with E-state index in [1.165, 1.54) is 25.7 Å². The molecule has 5 nitrogen and oxygen atoms in total. The highest BCUT2D eigenvalue weighted by molar-refractivity contribution is 5.77. The van der Waals surface area contributed by atoms with Crippen molar-refractivity contribution >= 4 is 11.9 Å². The maximum absolute atomic E-state index is 12.0. The van der Waals surface area contributed by atoms with Gasteiger partial charge in [-0.15, -0.1) is 0 Å². The first-order valence-corrected chi connectivity index (χ1v) is 7.12. The lowest BCUT2D eigenvalue weighted by Crippen LogP contribution is -2.57. The lowest BCUT2D eigenvalue weighted by atomic mass is 10.0. The first-order valence-electron chi connectivity index (χ1n) is 7.12. The summed E-state index contributed by atoms with van der Waals surface area (Å²) in [5, 5.41) is 3.24. The quantitative estimate of drug-likeness (QED) is 0.895. The molecule has 1 N–H and O–H groups in total. The Bertz CT molecular complexity index is 424. The van der Waals surface area contributed by atoms with Gasteiger partial charge < -0.3 is 10.2 Å². The SMILES string of the molecule is O=C(CC1CCCC1)N1CC(Nc2ncccn2)C1. The smallest absolute Gasteiger partial charge is 0.222 e. The standard InChI is InChI=1S/C14H20N4O/c19-13(8-11-4-1-2-5-11)18-9-12(10-18)17-14-15-6-3-7-16-14/h3,6-7,11-12H,1-2,4-5,8-10H2,(H,15,16,17). The maximum atomic E-state index is 12.0. The number of nitrogens with zero attached hydrogens (tertiary/aromatic N) is 3. The molecule has 102 valence electrons. The number of amides is 1. The molecule has 1 aliphatic heterocycles. The number of hydrogen-bond acceptors (Lipinski definition) is 4. The number of aromatic nitrogens is 2. The molecule has 2 fully saturated rings. The van der Waals surface area contributed by atoms with Gasteiger partial charge in [0.25, 0.3) is 0 Å². The van der Waals surface area contributed by atoms with E-state index >= 15 is 0 Å². The van der Waals surface area contributed by atoms with Gasteiger partial charge in [0.1, 0.15) is 0 Å². The third-order valence-electron chi connectivity index (χ3n) is 4.07. The highest BCUT2D eigenvalue weighted by atomic mass is 16.2. The molecule has 1 amide bonds. The molecule has 19 heavy (non-hydrogen) atoms. The molecule has 1 aliphatic carbocycles. The molecule has 1 saturated heterocycles. The Morgan fingerprint density at radius 1 is 1.26 bits per heavy atom. The second-order valence-electron chi connectivity index (χ2n) is 5.57. The van der Waals surface area contributed by atoms with E-state index in [9.17, 15) is 4.79 Å². The van der Waals surface area contributed by atoms with Gasteiger partial charge in [0, 0.05) is 31.9 Å². The molecule has 1 aromatic heterocycles. The first kappa shape index (κ1) is 12.4. The Morgan fingerprint density at radius 2 is 1.95 bits per heavy atom. The van der Waals surface area contributed by atoms with Crippen LogP contribution in [0.15, 0.2) is 18.5 Å². The van der Waals surface area contributed by atoms with Crippen LogP contribution >= 0.6 is 0 Å². The van der Waals surface area contributed by atoms with Crippen molar-refractivity contribution in [2.75, 3.05) is 18.4 Å². The molecule has 0 bridgehead atoms. The van der Waals surface area contributed by atoms with Gasteiger partial charge in [-0.2, -0.15) is 0 Å². The summed E-state index contributed by atoms with van der Waals surface area (Å²) in [6.45, 7) is 1.56. The fourth-order valence-electron chi connectivity index (χ4n) is 2.92. The van der Waals surface area contributed by atoms with Crippen LogP contribution in [0.25, 0.3) is 0 Å². The van der Waals surface area contributed by atoms with Crippen molar-refractivity contribution in [1.82, 2.24) is 14.9 Å². The minimum absolute atomic E-state index is 0.301. The van der Waals surface area contributed by atoms with Crippen molar-refractivity contribution in [3.05, 3.63) is 18.5 Å². The number of carbonyl (C=O) groups excluding carboxylic acids is 1. The van der Waals surface area contributed by atoms with Crippen LogP contribution in [0.3, 0.4) is 0 Å². The van der Waals surface area contributed by atoms with Crippen LogP contribution in [-0.2, 0) is 4.79 Å². The molecule has 0 radical (unpaired) electrons. The van der Waals surface area contributed by atoms with E-state index in [0.717, 1.165) is 19.5 Å². The zero-order chi connectivity index (χ0) is 13.1. The fraction of sp³-hybridized carbons (Fsp3) is 0.643. The predicted molar refractivity (Wildman–Crippen MR) is 72.6 cm³/mol. The molecule has 1 aromatic rings. The number of likely N-dealkylation sites (tertiary alicyclic amines) is 1. The largest absolute Gasteiger partial charge is 0.348 e. The molecule has 5 heteroatoms. The van der Waals surface area contributed by atoms with Gasteiger partial charge in [0.05, 0.1) is 6.04 Å². The van der Waals surface area contributed by atoms with Crippen molar-refractivity contribution in [3.8, 4) is 0 Å². The van der Waals surface area contributed by atoms with Gasteiger partial charge in [-0.3, -0.25) is 4.79 Å².